The van der Waals surface area contributed by atoms with Crippen LogP contribution in [0.5, 0.6) is 0 Å². The number of anilines is 1. The van der Waals surface area contributed by atoms with Crippen LogP contribution in [0.1, 0.15) is 62.5 Å². The molecule has 14 nitrogen and oxygen atoms in total. The number of aromatic nitrogens is 2. The predicted molar refractivity (Wildman–Crippen MR) is 207 cm³/mol. The summed E-state index contributed by atoms with van der Waals surface area (Å²) in [5.41, 5.74) is 1.58. The number of carbonyl (C=O) groups is 4. The molecule has 2 aliphatic rings. The fraction of sp³-hybridized carbons (Fsp3) is 0.541. The van der Waals surface area contributed by atoms with Crippen molar-refractivity contribution in [2.45, 2.75) is 83.3 Å². The molecule has 1 aliphatic carbocycles. The van der Waals surface area contributed by atoms with E-state index in [4.69, 9.17) is 0 Å². The number of nitrogens with one attached hydrogen (secondary N) is 5. The molecule has 2 aromatic carbocycles. The van der Waals surface area contributed by atoms with Crippen molar-refractivity contribution in [2.75, 3.05) is 36.4 Å². The zero-order chi connectivity index (χ0) is 39.0. The van der Waals surface area contributed by atoms with Gasteiger partial charge in [-0.2, -0.15) is 12.6 Å². The van der Waals surface area contributed by atoms with E-state index in [1.54, 1.807) is 25.1 Å². The summed E-state index contributed by atoms with van der Waals surface area (Å²) in [7, 11) is -2.14. The monoisotopic (exact) mass is 787 g/mol. The predicted octanol–water partition coefficient (Wildman–Crippen LogP) is 2.62. The van der Waals surface area contributed by atoms with Crippen LogP contribution in [0.3, 0.4) is 0 Å². The number of thiol groups is 1. The van der Waals surface area contributed by atoms with Gasteiger partial charge in [0.15, 0.2) is 0 Å². The summed E-state index contributed by atoms with van der Waals surface area (Å²) in [5, 5.41) is 8.50. The Morgan fingerprint density at radius 1 is 1.06 bits per heavy atom. The molecule has 0 spiro atoms. The molecule has 0 bridgehead atoms. The zero-order valence-corrected chi connectivity index (χ0v) is 32.4. The number of H-pyrrole nitrogens is 1. The van der Waals surface area contributed by atoms with Crippen LogP contribution in [0.4, 0.5) is 10.1 Å². The third kappa shape index (κ3) is 10.6. The number of halogens is 1. The molecule has 2 fully saturated rings. The van der Waals surface area contributed by atoms with Crippen molar-refractivity contribution >= 4 is 63.0 Å². The lowest BCUT2D eigenvalue weighted by Gasteiger charge is -2.39. The number of nitrogens with zero attached hydrogens (tertiary/aromatic N) is 2. The third-order valence-corrected chi connectivity index (χ3v) is 12.2. The summed E-state index contributed by atoms with van der Waals surface area (Å²) in [5.74, 6) is -2.82. The van der Waals surface area contributed by atoms with Gasteiger partial charge in [0.2, 0.25) is 33.7 Å². The Morgan fingerprint density at radius 3 is 2.52 bits per heavy atom. The Labute approximate surface area is 319 Å². The van der Waals surface area contributed by atoms with Crippen molar-refractivity contribution in [1.82, 2.24) is 30.4 Å². The van der Waals surface area contributed by atoms with Gasteiger partial charge in [-0.15, -0.1) is 0 Å². The van der Waals surface area contributed by atoms with E-state index in [-0.39, 0.29) is 79.4 Å². The molecule has 1 aliphatic heterocycles. The van der Waals surface area contributed by atoms with Crippen LogP contribution in [0, 0.1) is 24.6 Å². The highest BCUT2D eigenvalue weighted by atomic mass is 32.2. The van der Waals surface area contributed by atoms with Crippen LogP contribution < -0.4 is 26.4 Å². The zero-order valence-electron chi connectivity index (χ0n) is 30.7. The molecule has 2 heterocycles. The summed E-state index contributed by atoms with van der Waals surface area (Å²) in [4.78, 5) is 71.0. The van der Waals surface area contributed by atoms with Gasteiger partial charge in [0.25, 0.3) is 0 Å². The molecule has 17 heteroatoms. The summed E-state index contributed by atoms with van der Waals surface area (Å²) in [6.45, 7) is 1.86. The van der Waals surface area contributed by atoms with Crippen molar-refractivity contribution in [1.29, 1.82) is 0 Å². The molecule has 1 saturated heterocycles. The normalized spacial score (nSPS) is 18.6. The number of likely N-dealkylation sites (N-methyl/N-ethyl adjacent to an activating group) is 1. The number of hydrogen-bond donors (Lipinski definition) is 6. The topological polar surface area (TPSA) is 192 Å². The second-order valence-electron chi connectivity index (χ2n) is 14.3. The van der Waals surface area contributed by atoms with Gasteiger partial charge >= 0.3 is 5.69 Å². The summed E-state index contributed by atoms with van der Waals surface area (Å²) >= 11 is 3.98. The maximum absolute atomic E-state index is 14.7. The molecule has 294 valence electrons. The van der Waals surface area contributed by atoms with Crippen LogP contribution in [-0.2, 0) is 42.2 Å². The first-order valence-electron chi connectivity index (χ1n) is 18.4. The molecule has 1 aromatic heterocycles. The second kappa shape index (κ2) is 18.3. The van der Waals surface area contributed by atoms with E-state index in [0.29, 0.717) is 17.5 Å². The number of fused-ring (bicyclic) bond motifs is 1. The Hall–Kier alpha value is -4.38. The van der Waals surface area contributed by atoms with E-state index in [9.17, 15) is 36.8 Å². The van der Waals surface area contributed by atoms with E-state index >= 15 is 0 Å². The Kier molecular flexibility index (Phi) is 13.8. The number of benzene rings is 2. The van der Waals surface area contributed by atoms with Crippen molar-refractivity contribution in [3.63, 3.8) is 0 Å². The average Bonchev–Trinajstić information content (AvgIpc) is 3.45. The molecule has 0 unspecified atom stereocenters. The number of rotatable bonds is 15. The van der Waals surface area contributed by atoms with E-state index in [1.807, 2.05) is 0 Å². The minimum absolute atomic E-state index is 0.0477. The Balaban J connectivity index is 1.31. The lowest BCUT2D eigenvalue weighted by atomic mass is 9.84. The number of amides is 4. The molecule has 4 amide bonds. The minimum Gasteiger partial charge on any atom is -0.357 e. The molecule has 5 rings (SSSR count). The number of piperidine rings is 1. The molecule has 3 aromatic rings. The number of likely N-dealkylation sites (tertiary alicyclic amines) is 1. The largest absolute Gasteiger partial charge is 0.357 e. The van der Waals surface area contributed by atoms with Crippen LogP contribution in [0.2, 0.25) is 0 Å². The first kappa shape index (κ1) is 40.8. The number of carbonyl (C=O) groups excluding carboxylic acids is 4. The molecule has 0 radical (unpaired) electrons. The quantitative estimate of drug-likeness (QED) is 0.128. The molecule has 54 heavy (non-hydrogen) atoms. The molecule has 3 atom stereocenters. The number of aryl methyl sites for hydroxylation is 2. The highest BCUT2D eigenvalue weighted by molar-refractivity contribution is 7.93. The summed E-state index contributed by atoms with van der Waals surface area (Å²) < 4.78 is 43.0. The fourth-order valence-electron chi connectivity index (χ4n) is 7.41. The summed E-state index contributed by atoms with van der Waals surface area (Å²) in [6.07, 6.45) is 5.56. The van der Waals surface area contributed by atoms with Crippen molar-refractivity contribution < 1.29 is 32.0 Å². The lowest BCUT2D eigenvalue weighted by Crippen LogP contribution is -2.59. The SMILES string of the molecule is CNC(=O)[C@@H](CC1CCCCC1)NC(=O)[C@@H]1CN(C(=O)Cc2ccc(C)cc2F)CC[C@@H]1NC(=O)CCn1c(=O)[nH]c2ccc(NS(=O)(=O)CCS)cc21. The van der Waals surface area contributed by atoms with E-state index in [1.165, 1.54) is 34.7 Å². The number of hydrogen-bond acceptors (Lipinski definition) is 8. The standard InChI is InChI=1S/C37H50FN7O7S2/c1-23-8-9-25(28(38)18-23)20-34(47)44-14-12-29(27(22-44)35(48)41-31(36(49)39-2)19-24-6-4-3-5-7-24)40-33(46)13-15-45-32-21-26(43-54(51,52)17-16-53)10-11-30(32)42-37(45)50/h8-11,18,21,24,27,29,31,43,53H,3-7,12-17,19-20,22H2,1-2H3,(H,39,49)(H,40,46)(H,41,48)(H,42,50)/t27-,29+,31-/m1/s1. The van der Waals surface area contributed by atoms with Crippen LogP contribution >= 0.6 is 12.6 Å². The van der Waals surface area contributed by atoms with Crippen molar-refractivity contribution in [3.8, 4) is 0 Å². The number of sulfonamides is 1. The van der Waals surface area contributed by atoms with Gasteiger partial charge in [0.05, 0.1) is 34.8 Å². The van der Waals surface area contributed by atoms with Gasteiger partial charge in [-0.05, 0) is 61.1 Å². The smallest absolute Gasteiger partial charge is 0.326 e. The fourth-order valence-corrected chi connectivity index (χ4v) is 8.96. The van der Waals surface area contributed by atoms with Gasteiger partial charge in [0, 0.05) is 44.9 Å². The number of aromatic amines is 1. The first-order valence-corrected chi connectivity index (χ1v) is 20.7. The molecular weight excluding hydrogens is 738 g/mol. The maximum Gasteiger partial charge on any atom is 0.326 e. The summed E-state index contributed by atoms with van der Waals surface area (Å²) in [6, 6.07) is 7.76. The average molecular weight is 788 g/mol. The van der Waals surface area contributed by atoms with Crippen LogP contribution in [-0.4, -0.2) is 90.2 Å². The van der Waals surface area contributed by atoms with Gasteiger partial charge in [-0.3, -0.25) is 28.5 Å². The van der Waals surface area contributed by atoms with Crippen LogP contribution in [0.25, 0.3) is 11.0 Å². The lowest BCUT2D eigenvalue weighted by molar-refractivity contribution is -0.138. The first-order chi connectivity index (χ1) is 25.8. The van der Waals surface area contributed by atoms with Gasteiger partial charge in [-0.1, -0.05) is 44.2 Å². The molecular formula is C37H50FN7O7S2. The number of imidazole rings is 1. The third-order valence-electron chi connectivity index (χ3n) is 10.3. The minimum atomic E-state index is -3.65. The van der Waals surface area contributed by atoms with E-state index < -0.39 is 51.3 Å². The van der Waals surface area contributed by atoms with Gasteiger partial charge in [-0.25, -0.2) is 17.6 Å². The van der Waals surface area contributed by atoms with Crippen molar-refractivity contribution in [3.05, 3.63) is 63.8 Å². The molecule has 5 N–H and O–H groups in total. The Bertz CT molecular complexity index is 2010. The van der Waals surface area contributed by atoms with Gasteiger partial charge in [0.1, 0.15) is 11.9 Å². The van der Waals surface area contributed by atoms with E-state index in [0.717, 1.165) is 37.7 Å². The second-order valence-corrected chi connectivity index (χ2v) is 16.6. The maximum atomic E-state index is 14.7. The molecule has 1 saturated carbocycles. The Morgan fingerprint density at radius 2 is 1.81 bits per heavy atom. The highest BCUT2D eigenvalue weighted by Gasteiger charge is 2.39. The van der Waals surface area contributed by atoms with E-state index in [2.05, 4.69) is 38.3 Å². The van der Waals surface area contributed by atoms with Crippen molar-refractivity contribution in [2.24, 2.45) is 11.8 Å². The van der Waals surface area contributed by atoms with Gasteiger partial charge < -0.3 is 25.8 Å². The van der Waals surface area contributed by atoms with Crippen LogP contribution in [0.15, 0.2) is 41.2 Å². The highest BCUT2D eigenvalue weighted by Crippen LogP contribution is 2.28.